The second-order valence-corrected chi connectivity index (χ2v) is 8.98. The number of amides is 1. The van der Waals surface area contributed by atoms with Crippen LogP contribution in [0.2, 0.25) is 0 Å². The summed E-state index contributed by atoms with van der Waals surface area (Å²) in [6.45, 7) is 8.62. The van der Waals surface area contributed by atoms with Crippen molar-refractivity contribution >= 4 is 28.2 Å². The number of fused-ring (bicyclic) bond motifs is 1. The van der Waals surface area contributed by atoms with E-state index >= 15 is 0 Å². The number of methoxy groups -OCH3 is 1. The van der Waals surface area contributed by atoms with Crippen molar-refractivity contribution in [3.63, 3.8) is 0 Å². The van der Waals surface area contributed by atoms with Gasteiger partial charge in [0.15, 0.2) is 0 Å². The lowest BCUT2D eigenvalue weighted by atomic mass is 9.81. The van der Waals surface area contributed by atoms with Crippen LogP contribution in [-0.2, 0) is 16.7 Å². The molecule has 1 aliphatic heterocycles. The minimum Gasteiger partial charge on any atom is -0.465 e. The van der Waals surface area contributed by atoms with E-state index in [-0.39, 0.29) is 17.0 Å². The normalized spacial score (nSPS) is 17.3. The lowest BCUT2D eigenvalue weighted by Crippen LogP contribution is -3.03. The van der Waals surface area contributed by atoms with Gasteiger partial charge in [-0.15, -0.1) is 11.3 Å². The summed E-state index contributed by atoms with van der Waals surface area (Å²) < 4.78 is 5.03. The number of benzene rings is 1. The molecule has 26 heavy (non-hydrogen) atoms. The number of quaternary nitrogens is 1. The van der Waals surface area contributed by atoms with Gasteiger partial charge < -0.3 is 15.4 Å². The Kier molecular flexibility index (Phi) is 4.67. The summed E-state index contributed by atoms with van der Waals surface area (Å²) in [6, 6.07) is 9.00. The fourth-order valence-corrected chi connectivity index (χ4v) is 5.15. The summed E-state index contributed by atoms with van der Waals surface area (Å²) >= 11 is 1.47. The number of nitrogens with one attached hydrogen (secondary N) is 1. The molecule has 0 aliphatic carbocycles. The maximum Gasteiger partial charge on any atom is 0.341 e. The van der Waals surface area contributed by atoms with Crippen LogP contribution in [0.4, 0.5) is 5.00 Å². The van der Waals surface area contributed by atoms with Crippen LogP contribution in [0.15, 0.2) is 30.3 Å². The van der Waals surface area contributed by atoms with E-state index < -0.39 is 5.97 Å². The fourth-order valence-electron chi connectivity index (χ4n) is 3.87. The van der Waals surface area contributed by atoms with E-state index in [1.165, 1.54) is 18.4 Å². The Labute approximate surface area is 157 Å². The molecule has 138 valence electrons. The summed E-state index contributed by atoms with van der Waals surface area (Å²) in [4.78, 5) is 26.3. The molecule has 0 bridgehead atoms. The maximum atomic E-state index is 12.6. The molecule has 1 aliphatic rings. The number of esters is 1. The van der Waals surface area contributed by atoms with Crippen LogP contribution in [0, 0.1) is 0 Å². The number of ether oxygens (including phenoxy) is 1. The van der Waals surface area contributed by atoms with Gasteiger partial charge in [0, 0.05) is 12.0 Å². The van der Waals surface area contributed by atoms with E-state index in [1.54, 1.807) is 12.1 Å². The van der Waals surface area contributed by atoms with Crippen molar-refractivity contribution in [2.75, 3.05) is 12.4 Å². The molecule has 3 rings (SSSR count). The van der Waals surface area contributed by atoms with Crippen LogP contribution in [0.5, 0.6) is 0 Å². The monoisotopic (exact) mass is 373 g/mol. The lowest BCUT2D eigenvalue weighted by Gasteiger charge is -2.38. The van der Waals surface area contributed by atoms with Crippen LogP contribution in [-0.4, -0.2) is 24.5 Å². The molecule has 1 aromatic carbocycles. The van der Waals surface area contributed by atoms with Crippen molar-refractivity contribution in [1.29, 1.82) is 0 Å². The Bertz CT molecular complexity index is 853. The number of rotatable bonds is 3. The van der Waals surface area contributed by atoms with E-state index in [2.05, 4.69) is 38.3 Å². The number of carbonyl (C=O) groups is 2. The first-order valence-electron chi connectivity index (χ1n) is 8.62. The Hall–Kier alpha value is -2.18. The van der Waals surface area contributed by atoms with Gasteiger partial charge in [-0.1, -0.05) is 18.2 Å². The number of carbonyl (C=O) groups excluding carboxylic acids is 2. The number of hydrogen-bond donors (Lipinski definition) is 2. The molecule has 0 spiro atoms. The van der Waals surface area contributed by atoms with E-state index in [0.717, 1.165) is 16.9 Å². The van der Waals surface area contributed by atoms with Crippen molar-refractivity contribution in [2.24, 2.45) is 0 Å². The summed E-state index contributed by atoms with van der Waals surface area (Å²) in [5.74, 6) is -0.630. The van der Waals surface area contributed by atoms with Crippen LogP contribution >= 0.6 is 11.3 Å². The van der Waals surface area contributed by atoms with Crippen molar-refractivity contribution in [1.82, 2.24) is 0 Å². The zero-order valence-electron chi connectivity index (χ0n) is 15.8. The number of hydrogen-bond acceptors (Lipinski definition) is 4. The van der Waals surface area contributed by atoms with Crippen LogP contribution in [0.1, 0.15) is 58.9 Å². The van der Waals surface area contributed by atoms with Gasteiger partial charge >= 0.3 is 5.97 Å². The Morgan fingerprint density at radius 1 is 1.15 bits per heavy atom. The summed E-state index contributed by atoms with van der Waals surface area (Å²) in [7, 11) is 1.38. The molecule has 0 fully saturated rings. The molecule has 3 N–H and O–H groups in total. The Morgan fingerprint density at radius 3 is 2.42 bits per heavy atom. The second kappa shape index (κ2) is 6.52. The van der Waals surface area contributed by atoms with Gasteiger partial charge in [0.2, 0.25) is 0 Å². The van der Waals surface area contributed by atoms with E-state index in [4.69, 9.17) is 4.74 Å². The van der Waals surface area contributed by atoms with Gasteiger partial charge in [-0.25, -0.2) is 4.79 Å². The zero-order chi connectivity index (χ0) is 19.1. The first kappa shape index (κ1) is 18.6. The lowest BCUT2D eigenvalue weighted by molar-refractivity contribution is -0.789. The fraction of sp³-hybridized carbons (Fsp3) is 0.400. The molecule has 0 atom stereocenters. The topological polar surface area (TPSA) is 72.0 Å². The molecule has 0 radical (unpaired) electrons. The zero-order valence-corrected chi connectivity index (χ0v) is 16.6. The largest absolute Gasteiger partial charge is 0.465 e. The van der Waals surface area contributed by atoms with Crippen molar-refractivity contribution in [3.8, 4) is 0 Å². The minimum absolute atomic E-state index is 0.0406. The number of anilines is 1. The maximum absolute atomic E-state index is 12.6. The van der Waals surface area contributed by atoms with E-state index in [0.29, 0.717) is 16.1 Å². The van der Waals surface area contributed by atoms with Gasteiger partial charge in [-0.2, -0.15) is 0 Å². The molecule has 0 unspecified atom stereocenters. The summed E-state index contributed by atoms with van der Waals surface area (Å²) in [6.07, 6.45) is 0.744. The van der Waals surface area contributed by atoms with E-state index in [9.17, 15) is 9.59 Å². The van der Waals surface area contributed by atoms with Gasteiger partial charge in [-0.05, 0) is 45.4 Å². The molecule has 5 nitrogen and oxygen atoms in total. The minimum atomic E-state index is -0.403. The standard InChI is InChI=1S/C20H24N2O3S/c1-19(2)11-13-14(18(24)25-5)17(26-15(13)20(3,4)22-19)21-16(23)12-9-7-6-8-10-12/h6-10,22H,11H2,1-5H3,(H,21,23)/p+1. The highest BCUT2D eigenvalue weighted by molar-refractivity contribution is 7.17. The van der Waals surface area contributed by atoms with Gasteiger partial charge in [0.05, 0.1) is 23.1 Å². The van der Waals surface area contributed by atoms with Crippen molar-refractivity contribution in [3.05, 3.63) is 51.9 Å². The molecule has 0 saturated heterocycles. The summed E-state index contributed by atoms with van der Waals surface area (Å²) in [5.41, 5.74) is 1.82. The molecule has 0 saturated carbocycles. The highest BCUT2D eigenvalue weighted by Crippen LogP contribution is 2.42. The SMILES string of the molecule is COC(=O)c1c(NC(=O)c2ccccc2)sc2c1CC(C)(C)[NH2+]C2(C)C. The number of thiophene rings is 1. The molecule has 1 amide bonds. The van der Waals surface area contributed by atoms with Crippen LogP contribution in [0.25, 0.3) is 0 Å². The average Bonchev–Trinajstić information content (AvgIpc) is 2.91. The summed E-state index contributed by atoms with van der Waals surface area (Å²) in [5, 5.41) is 5.82. The third-order valence-corrected chi connectivity index (χ3v) is 6.12. The predicted octanol–water partition coefficient (Wildman–Crippen LogP) is 2.92. The van der Waals surface area contributed by atoms with Gasteiger partial charge in [-0.3, -0.25) is 4.79 Å². The van der Waals surface area contributed by atoms with Crippen LogP contribution < -0.4 is 10.6 Å². The van der Waals surface area contributed by atoms with Gasteiger partial charge in [0.1, 0.15) is 10.5 Å². The first-order valence-corrected chi connectivity index (χ1v) is 9.44. The first-order chi connectivity index (χ1) is 12.1. The number of nitrogens with two attached hydrogens (primary N) is 1. The smallest absolute Gasteiger partial charge is 0.341 e. The molecular formula is C20H25N2O3S+. The predicted molar refractivity (Wildman–Crippen MR) is 103 cm³/mol. The average molecular weight is 373 g/mol. The van der Waals surface area contributed by atoms with Crippen molar-refractivity contribution in [2.45, 2.75) is 45.2 Å². The molecule has 6 heteroatoms. The molecule has 1 aromatic heterocycles. The quantitative estimate of drug-likeness (QED) is 0.813. The molecule has 2 aromatic rings. The molecular weight excluding hydrogens is 348 g/mol. The van der Waals surface area contributed by atoms with E-state index in [1.807, 2.05) is 18.2 Å². The third kappa shape index (κ3) is 3.39. The van der Waals surface area contributed by atoms with Gasteiger partial charge in [0.25, 0.3) is 5.91 Å². The third-order valence-electron chi connectivity index (χ3n) is 4.63. The second-order valence-electron chi connectivity index (χ2n) is 7.96. The Balaban J connectivity index is 2.08. The Morgan fingerprint density at radius 2 is 1.81 bits per heavy atom. The molecule has 2 heterocycles. The van der Waals surface area contributed by atoms with Crippen LogP contribution in [0.3, 0.4) is 0 Å². The highest BCUT2D eigenvalue weighted by Gasteiger charge is 2.45. The van der Waals surface area contributed by atoms with Crippen molar-refractivity contribution < 1.29 is 19.6 Å². The highest BCUT2D eigenvalue weighted by atomic mass is 32.1.